The summed E-state index contributed by atoms with van der Waals surface area (Å²) in [5.74, 6) is 0. The lowest BCUT2D eigenvalue weighted by Gasteiger charge is -2.15. The molecule has 7 heteroatoms. The highest BCUT2D eigenvalue weighted by atomic mass is 31.2. The van der Waals surface area contributed by atoms with Gasteiger partial charge in [0.1, 0.15) is 0 Å². The van der Waals surface area contributed by atoms with Crippen molar-refractivity contribution in [3.63, 3.8) is 0 Å². The van der Waals surface area contributed by atoms with E-state index >= 15 is 0 Å². The molecule has 0 fully saturated rings. The van der Waals surface area contributed by atoms with Crippen LogP contribution in [0.3, 0.4) is 0 Å². The van der Waals surface area contributed by atoms with Crippen molar-refractivity contribution in [2.45, 2.75) is 26.4 Å². The summed E-state index contributed by atoms with van der Waals surface area (Å²) in [6, 6.07) is 0. The largest absolute Gasteiger partial charge is 0.499 e. The van der Waals surface area contributed by atoms with Crippen molar-refractivity contribution >= 4 is 7.82 Å². The van der Waals surface area contributed by atoms with E-state index in [1.54, 1.807) is 20.8 Å². The first kappa shape index (κ1) is 11.0. The molecule has 6 nitrogen and oxygen atoms in total. The van der Waals surface area contributed by atoms with Crippen LogP contribution in [0.2, 0.25) is 0 Å². The molecule has 0 spiro atoms. The Morgan fingerprint density at radius 1 is 1.27 bits per heavy atom. The second-order valence-electron chi connectivity index (χ2n) is 2.83. The van der Waals surface area contributed by atoms with E-state index in [2.05, 4.69) is 14.6 Å². The lowest BCUT2D eigenvalue weighted by molar-refractivity contribution is -0.502. The Hall–Kier alpha value is 0.0300. The monoisotopic (exact) mass is 186 g/mol. The molecule has 0 aliphatic rings. The van der Waals surface area contributed by atoms with Crippen LogP contribution in [-0.4, -0.2) is 15.4 Å². The molecule has 0 aromatic heterocycles. The van der Waals surface area contributed by atoms with Gasteiger partial charge in [0.05, 0.1) is 5.60 Å². The van der Waals surface area contributed by atoms with Gasteiger partial charge >= 0.3 is 7.82 Å². The van der Waals surface area contributed by atoms with E-state index in [0.29, 0.717) is 0 Å². The van der Waals surface area contributed by atoms with Gasteiger partial charge in [0, 0.05) is 0 Å². The molecule has 0 aromatic carbocycles. The SMILES string of the molecule is CC(C)(C)OOOP(=O)(O)O. The fraction of sp³-hybridized carbons (Fsp3) is 1.00. The molecule has 0 unspecified atom stereocenters. The van der Waals surface area contributed by atoms with Crippen molar-refractivity contribution in [2.24, 2.45) is 0 Å². The quantitative estimate of drug-likeness (QED) is 0.384. The van der Waals surface area contributed by atoms with Crippen molar-refractivity contribution < 1.29 is 29.0 Å². The van der Waals surface area contributed by atoms with E-state index in [4.69, 9.17) is 9.79 Å². The van der Waals surface area contributed by atoms with Crippen LogP contribution < -0.4 is 0 Å². The van der Waals surface area contributed by atoms with Gasteiger partial charge in [-0.15, -0.1) is 0 Å². The number of phosphoric acid groups is 1. The van der Waals surface area contributed by atoms with E-state index in [1.165, 1.54) is 0 Å². The predicted octanol–water partition coefficient (Wildman–Crippen LogP) is 0.757. The fourth-order valence-electron chi connectivity index (χ4n) is 0.157. The first-order valence-electron chi connectivity index (χ1n) is 2.80. The Balaban J connectivity index is 3.52. The Labute approximate surface area is 64.2 Å². The van der Waals surface area contributed by atoms with Gasteiger partial charge in [-0.05, 0) is 20.8 Å². The second-order valence-corrected chi connectivity index (χ2v) is 3.96. The van der Waals surface area contributed by atoms with Crippen LogP contribution in [-0.2, 0) is 19.2 Å². The summed E-state index contributed by atoms with van der Waals surface area (Å²) in [5, 5.41) is 3.80. The summed E-state index contributed by atoms with van der Waals surface area (Å²) < 4.78 is 13.5. The molecule has 2 N–H and O–H groups in total. The molecule has 0 atom stereocenters. The molecule has 0 aromatic rings. The van der Waals surface area contributed by atoms with Gasteiger partial charge in [0.2, 0.25) is 0 Å². The molecule has 0 saturated carbocycles. The second kappa shape index (κ2) is 3.62. The Bertz CT molecular complexity index is 154. The molecule has 0 radical (unpaired) electrons. The van der Waals surface area contributed by atoms with Crippen LogP contribution in [0.25, 0.3) is 0 Å². The van der Waals surface area contributed by atoms with Crippen LogP contribution in [0, 0.1) is 0 Å². The summed E-state index contributed by atoms with van der Waals surface area (Å²) in [7, 11) is -4.60. The van der Waals surface area contributed by atoms with E-state index < -0.39 is 13.4 Å². The molecule has 0 amide bonds. The lowest BCUT2D eigenvalue weighted by atomic mass is 10.2. The molecule has 0 bridgehead atoms. The zero-order valence-corrected chi connectivity index (χ0v) is 7.37. The molecular formula is C4H11O6P. The molecule has 0 saturated heterocycles. The van der Waals surface area contributed by atoms with E-state index in [9.17, 15) is 4.57 Å². The molecule has 0 aliphatic carbocycles. The molecule has 0 heterocycles. The van der Waals surface area contributed by atoms with E-state index in [1.807, 2.05) is 0 Å². The van der Waals surface area contributed by atoms with Crippen LogP contribution in [0.1, 0.15) is 20.8 Å². The van der Waals surface area contributed by atoms with Crippen LogP contribution in [0.5, 0.6) is 0 Å². The van der Waals surface area contributed by atoms with Crippen LogP contribution >= 0.6 is 7.82 Å². The van der Waals surface area contributed by atoms with Gasteiger partial charge in [-0.25, -0.2) is 4.57 Å². The van der Waals surface area contributed by atoms with Crippen molar-refractivity contribution in [1.29, 1.82) is 0 Å². The average molecular weight is 186 g/mol. The van der Waals surface area contributed by atoms with E-state index in [0.717, 1.165) is 0 Å². The minimum absolute atomic E-state index is 0.671. The standard InChI is InChI=1S/C4H11O6P/c1-4(2,3)8-9-10-11(5,6)7/h1-3H3,(H2,5,6,7). The van der Waals surface area contributed by atoms with Gasteiger partial charge in [0.25, 0.3) is 0 Å². The maximum atomic E-state index is 9.98. The fourth-order valence-corrected chi connectivity index (χ4v) is 0.267. The highest BCUT2D eigenvalue weighted by Gasteiger charge is 2.19. The maximum Gasteiger partial charge on any atom is 0.499 e. The van der Waals surface area contributed by atoms with Crippen molar-refractivity contribution in [3.05, 3.63) is 0 Å². The first-order chi connectivity index (χ1) is 4.71. The van der Waals surface area contributed by atoms with Crippen LogP contribution in [0.15, 0.2) is 0 Å². The summed E-state index contributed by atoms with van der Waals surface area (Å²) in [6.45, 7) is 4.90. The Morgan fingerprint density at radius 2 is 1.73 bits per heavy atom. The molecule has 0 rings (SSSR count). The highest BCUT2D eigenvalue weighted by molar-refractivity contribution is 7.46. The Morgan fingerprint density at radius 3 is 2.00 bits per heavy atom. The van der Waals surface area contributed by atoms with Crippen molar-refractivity contribution in [3.8, 4) is 0 Å². The van der Waals surface area contributed by atoms with E-state index in [-0.39, 0.29) is 0 Å². The average Bonchev–Trinajstić information content (AvgIpc) is 1.55. The summed E-state index contributed by atoms with van der Waals surface area (Å²) >= 11 is 0. The first-order valence-corrected chi connectivity index (χ1v) is 4.33. The van der Waals surface area contributed by atoms with Gasteiger partial charge in [-0.2, -0.15) is 4.89 Å². The zero-order valence-electron chi connectivity index (χ0n) is 6.47. The number of hydrogen-bond acceptors (Lipinski definition) is 4. The summed E-state index contributed by atoms with van der Waals surface area (Å²) in [4.78, 5) is 20.6. The smallest absolute Gasteiger partial charge is 0.301 e. The van der Waals surface area contributed by atoms with Gasteiger partial charge in [0.15, 0.2) is 0 Å². The normalized spacial score (nSPS) is 13.5. The van der Waals surface area contributed by atoms with Gasteiger partial charge in [-0.3, -0.25) is 0 Å². The predicted molar refractivity (Wildman–Crippen MR) is 35.1 cm³/mol. The topological polar surface area (TPSA) is 85.2 Å². The highest BCUT2D eigenvalue weighted by Crippen LogP contribution is 2.36. The molecular weight excluding hydrogens is 175 g/mol. The molecule has 11 heavy (non-hydrogen) atoms. The third-order valence-corrected chi connectivity index (χ3v) is 0.667. The third-order valence-electron chi connectivity index (χ3n) is 0.412. The zero-order chi connectivity index (χ0) is 9.12. The summed E-state index contributed by atoms with van der Waals surface area (Å²) in [6.07, 6.45) is 0. The molecule has 68 valence electrons. The van der Waals surface area contributed by atoms with Gasteiger partial charge < -0.3 is 9.79 Å². The van der Waals surface area contributed by atoms with Crippen LogP contribution in [0.4, 0.5) is 0 Å². The Kier molecular flexibility index (Phi) is 3.63. The number of hydrogen-bond donors (Lipinski definition) is 2. The van der Waals surface area contributed by atoms with Crippen molar-refractivity contribution in [1.82, 2.24) is 0 Å². The van der Waals surface area contributed by atoms with Crippen molar-refractivity contribution in [2.75, 3.05) is 0 Å². The minimum atomic E-state index is -4.60. The summed E-state index contributed by atoms with van der Waals surface area (Å²) in [5.41, 5.74) is -0.671. The van der Waals surface area contributed by atoms with Gasteiger partial charge in [-0.1, -0.05) is 9.71 Å². The lowest BCUT2D eigenvalue weighted by Crippen LogP contribution is -2.19. The maximum absolute atomic E-state index is 9.98. The third kappa shape index (κ3) is 10.0. The molecule has 0 aliphatic heterocycles. The number of rotatable bonds is 3. The minimum Gasteiger partial charge on any atom is -0.301 e.